The smallest absolute Gasteiger partial charge is 0.137 e. The molecular formula is C14H19Br2F. The SMILES string of the molecule is CC(CC(Br)c1ccc(F)c(Br)c1)C(C)(C)C. The van der Waals surface area contributed by atoms with Crippen molar-refractivity contribution >= 4 is 31.9 Å². The van der Waals surface area contributed by atoms with Crippen LogP contribution in [0.15, 0.2) is 22.7 Å². The molecule has 0 N–H and O–H groups in total. The molecule has 0 saturated heterocycles. The van der Waals surface area contributed by atoms with Crippen molar-refractivity contribution < 1.29 is 4.39 Å². The zero-order valence-electron chi connectivity index (χ0n) is 10.7. The van der Waals surface area contributed by atoms with Gasteiger partial charge in [-0.15, -0.1) is 0 Å². The first kappa shape index (κ1) is 15.2. The number of halogens is 3. The molecule has 17 heavy (non-hydrogen) atoms. The van der Waals surface area contributed by atoms with Crippen molar-refractivity contribution in [2.45, 2.75) is 38.9 Å². The van der Waals surface area contributed by atoms with Crippen molar-refractivity contribution in [1.29, 1.82) is 0 Å². The van der Waals surface area contributed by atoms with Gasteiger partial charge in [0.15, 0.2) is 0 Å². The van der Waals surface area contributed by atoms with Gasteiger partial charge in [0, 0.05) is 4.83 Å². The van der Waals surface area contributed by atoms with Crippen LogP contribution in [0.1, 0.15) is 44.5 Å². The van der Waals surface area contributed by atoms with Gasteiger partial charge in [-0.2, -0.15) is 0 Å². The molecule has 0 heterocycles. The summed E-state index contributed by atoms with van der Waals surface area (Å²) in [5, 5.41) is 0. The highest BCUT2D eigenvalue weighted by atomic mass is 79.9. The van der Waals surface area contributed by atoms with E-state index in [0.29, 0.717) is 15.8 Å². The van der Waals surface area contributed by atoms with Crippen LogP contribution >= 0.6 is 31.9 Å². The van der Waals surface area contributed by atoms with E-state index in [1.807, 2.05) is 12.1 Å². The first-order valence-electron chi connectivity index (χ1n) is 5.81. The molecule has 0 fully saturated rings. The monoisotopic (exact) mass is 364 g/mol. The van der Waals surface area contributed by atoms with Gasteiger partial charge in [-0.25, -0.2) is 4.39 Å². The summed E-state index contributed by atoms with van der Waals surface area (Å²) in [6, 6.07) is 5.20. The van der Waals surface area contributed by atoms with Gasteiger partial charge < -0.3 is 0 Å². The summed E-state index contributed by atoms with van der Waals surface area (Å²) in [5.74, 6) is 0.382. The summed E-state index contributed by atoms with van der Waals surface area (Å²) in [6.45, 7) is 9.00. The van der Waals surface area contributed by atoms with E-state index >= 15 is 0 Å². The van der Waals surface area contributed by atoms with Crippen molar-refractivity contribution in [1.82, 2.24) is 0 Å². The Morgan fingerprint density at radius 3 is 2.35 bits per heavy atom. The number of hydrogen-bond acceptors (Lipinski definition) is 0. The lowest BCUT2D eigenvalue weighted by atomic mass is 9.79. The molecule has 0 aromatic heterocycles. The van der Waals surface area contributed by atoms with Gasteiger partial charge in [0.2, 0.25) is 0 Å². The van der Waals surface area contributed by atoms with Crippen LogP contribution in [0.5, 0.6) is 0 Å². The second kappa shape index (κ2) is 5.83. The summed E-state index contributed by atoms with van der Waals surface area (Å²) in [4.78, 5) is 0.272. The topological polar surface area (TPSA) is 0 Å². The highest BCUT2D eigenvalue weighted by molar-refractivity contribution is 9.10. The van der Waals surface area contributed by atoms with Gasteiger partial charge in [0.05, 0.1) is 4.47 Å². The molecule has 0 aliphatic rings. The quantitative estimate of drug-likeness (QED) is 0.568. The fourth-order valence-corrected chi connectivity index (χ4v) is 2.75. The molecule has 1 rings (SSSR count). The molecule has 0 aliphatic carbocycles. The van der Waals surface area contributed by atoms with E-state index in [1.165, 1.54) is 6.07 Å². The Hall–Kier alpha value is 0.110. The number of alkyl halides is 1. The van der Waals surface area contributed by atoms with Crippen LogP contribution in [0.2, 0.25) is 0 Å². The largest absolute Gasteiger partial charge is 0.206 e. The summed E-state index contributed by atoms with van der Waals surface area (Å²) < 4.78 is 13.7. The van der Waals surface area contributed by atoms with Crippen LogP contribution in [0, 0.1) is 17.2 Å². The third-order valence-corrected chi connectivity index (χ3v) is 4.85. The van der Waals surface area contributed by atoms with E-state index in [2.05, 4.69) is 59.6 Å². The second-order valence-corrected chi connectivity index (χ2v) is 7.60. The van der Waals surface area contributed by atoms with Gasteiger partial charge in [-0.3, -0.25) is 0 Å². The molecular weight excluding hydrogens is 347 g/mol. The molecule has 0 amide bonds. The maximum absolute atomic E-state index is 13.2. The normalized spacial score (nSPS) is 15.7. The Balaban J connectivity index is 2.76. The van der Waals surface area contributed by atoms with Gasteiger partial charge in [0.25, 0.3) is 0 Å². The maximum Gasteiger partial charge on any atom is 0.137 e. The molecule has 0 bridgehead atoms. The zero-order chi connectivity index (χ0) is 13.2. The summed E-state index contributed by atoms with van der Waals surface area (Å²) in [5.41, 5.74) is 1.41. The van der Waals surface area contributed by atoms with Crippen molar-refractivity contribution in [3.63, 3.8) is 0 Å². The van der Waals surface area contributed by atoms with Gasteiger partial charge in [0.1, 0.15) is 5.82 Å². The standard InChI is InChI=1S/C14H19Br2F/c1-9(14(2,3)4)7-11(15)10-5-6-13(17)12(16)8-10/h5-6,8-9,11H,7H2,1-4H3. The number of benzene rings is 1. The molecule has 0 aliphatic heterocycles. The molecule has 1 aromatic carbocycles. The molecule has 1 aromatic rings. The molecule has 0 radical (unpaired) electrons. The number of rotatable bonds is 3. The van der Waals surface area contributed by atoms with Crippen LogP contribution in [0.25, 0.3) is 0 Å². The van der Waals surface area contributed by atoms with E-state index in [4.69, 9.17) is 0 Å². The number of hydrogen-bond donors (Lipinski definition) is 0. The third-order valence-electron chi connectivity index (χ3n) is 3.34. The predicted octanol–water partition coefficient (Wildman–Crippen LogP) is 6.10. The lowest BCUT2D eigenvalue weighted by molar-refractivity contribution is 0.246. The van der Waals surface area contributed by atoms with Crippen molar-refractivity contribution in [3.8, 4) is 0 Å². The summed E-state index contributed by atoms with van der Waals surface area (Å²) >= 11 is 6.92. The Morgan fingerprint density at radius 1 is 1.29 bits per heavy atom. The van der Waals surface area contributed by atoms with Crippen LogP contribution < -0.4 is 0 Å². The molecule has 2 unspecified atom stereocenters. The Morgan fingerprint density at radius 2 is 1.88 bits per heavy atom. The second-order valence-electron chi connectivity index (χ2n) is 5.64. The average Bonchev–Trinajstić information content (AvgIpc) is 2.20. The van der Waals surface area contributed by atoms with Gasteiger partial charge in [-0.05, 0) is 51.4 Å². The van der Waals surface area contributed by atoms with Crippen LogP contribution in [0.4, 0.5) is 4.39 Å². The lowest BCUT2D eigenvalue weighted by Gasteiger charge is -2.29. The third kappa shape index (κ3) is 4.36. The highest BCUT2D eigenvalue weighted by Gasteiger charge is 2.23. The van der Waals surface area contributed by atoms with Gasteiger partial charge in [-0.1, -0.05) is 49.7 Å². The van der Waals surface area contributed by atoms with Crippen LogP contribution in [-0.2, 0) is 0 Å². The minimum Gasteiger partial charge on any atom is -0.206 e. The first-order valence-corrected chi connectivity index (χ1v) is 7.51. The molecule has 0 nitrogen and oxygen atoms in total. The Kier molecular flexibility index (Phi) is 5.21. The zero-order valence-corrected chi connectivity index (χ0v) is 13.9. The van der Waals surface area contributed by atoms with Gasteiger partial charge >= 0.3 is 0 Å². The van der Waals surface area contributed by atoms with E-state index in [1.54, 1.807) is 0 Å². The predicted molar refractivity (Wildman–Crippen MR) is 79.0 cm³/mol. The Bertz CT molecular complexity index is 382. The lowest BCUT2D eigenvalue weighted by Crippen LogP contribution is -2.18. The minimum atomic E-state index is -0.211. The van der Waals surface area contributed by atoms with E-state index in [9.17, 15) is 4.39 Å². The molecule has 2 atom stereocenters. The van der Waals surface area contributed by atoms with Crippen molar-refractivity contribution in [3.05, 3.63) is 34.1 Å². The van der Waals surface area contributed by atoms with E-state index in [-0.39, 0.29) is 10.6 Å². The minimum absolute atomic E-state index is 0.211. The molecule has 96 valence electrons. The van der Waals surface area contributed by atoms with Crippen molar-refractivity contribution in [2.24, 2.45) is 11.3 Å². The van der Waals surface area contributed by atoms with Crippen LogP contribution in [-0.4, -0.2) is 0 Å². The fourth-order valence-electron chi connectivity index (χ4n) is 1.51. The molecule has 0 spiro atoms. The van der Waals surface area contributed by atoms with Crippen LogP contribution in [0.3, 0.4) is 0 Å². The summed E-state index contributed by atoms with van der Waals surface area (Å²) in [7, 11) is 0. The van der Waals surface area contributed by atoms with E-state index in [0.717, 1.165) is 12.0 Å². The van der Waals surface area contributed by atoms with Crippen molar-refractivity contribution in [2.75, 3.05) is 0 Å². The molecule has 0 saturated carbocycles. The average molecular weight is 366 g/mol. The molecule has 3 heteroatoms. The Labute approximate surface area is 120 Å². The van der Waals surface area contributed by atoms with E-state index < -0.39 is 0 Å². The maximum atomic E-state index is 13.2. The highest BCUT2D eigenvalue weighted by Crippen LogP contribution is 2.38. The fraction of sp³-hybridized carbons (Fsp3) is 0.571. The first-order chi connectivity index (χ1) is 7.71. The summed E-state index contributed by atoms with van der Waals surface area (Å²) in [6.07, 6.45) is 1.04.